The van der Waals surface area contributed by atoms with Crippen molar-refractivity contribution in [3.63, 3.8) is 0 Å². The molecule has 0 aromatic heterocycles. The van der Waals surface area contributed by atoms with Crippen LogP contribution in [-0.2, 0) is 14.8 Å². The van der Waals surface area contributed by atoms with Crippen LogP contribution in [0.1, 0.15) is 62.7 Å². The van der Waals surface area contributed by atoms with Gasteiger partial charge >= 0.3 is 0 Å². The molecular weight excluding hydrogens is 412 g/mol. The van der Waals surface area contributed by atoms with Crippen molar-refractivity contribution in [2.24, 2.45) is 23.2 Å². The summed E-state index contributed by atoms with van der Waals surface area (Å²) in [5.41, 5.74) is 0.883. The van der Waals surface area contributed by atoms with E-state index in [9.17, 15) is 13.2 Å². The van der Waals surface area contributed by atoms with Crippen LogP contribution in [0, 0.1) is 23.2 Å². The summed E-state index contributed by atoms with van der Waals surface area (Å²) in [7, 11) is -3.54. The van der Waals surface area contributed by atoms with Crippen molar-refractivity contribution in [2.45, 2.75) is 57.3 Å². The zero-order valence-electron chi connectivity index (χ0n) is 18.8. The highest BCUT2D eigenvalue weighted by atomic mass is 32.2. The smallest absolute Gasteiger partial charge is 0.251 e. The van der Waals surface area contributed by atoms with Gasteiger partial charge in [0.2, 0.25) is 10.0 Å². The Bertz CT molecular complexity index is 858. The molecule has 2 bridgehead atoms. The lowest BCUT2D eigenvalue weighted by Crippen LogP contribution is -2.41. The number of morpholine rings is 1. The van der Waals surface area contributed by atoms with Gasteiger partial charge in [-0.25, -0.2) is 8.42 Å². The van der Waals surface area contributed by atoms with Crippen LogP contribution in [0.3, 0.4) is 0 Å². The Kier molecular flexibility index (Phi) is 6.75. The predicted molar refractivity (Wildman–Crippen MR) is 120 cm³/mol. The first-order valence-electron chi connectivity index (χ1n) is 11.7. The zero-order chi connectivity index (χ0) is 22.1. The lowest BCUT2D eigenvalue weighted by Gasteiger charge is -2.50. The molecule has 0 spiro atoms. The van der Waals surface area contributed by atoms with Crippen molar-refractivity contribution in [2.75, 3.05) is 32.8 Å². The molecule has 1 aromatic rings. The quantitative estimate of drug-likeness (QED) is 0.720. The highest BCUT2D eigenvalue weighted by Gasteiger charge is 2.43. The van der Waals surface area contributed by atoms with Gasteiger partial charge in [-0.2, -0.15) is 4.31 Å². The van der Waals surface area contributed by atoms with Gasteiger partial charge in [0.05, 0.1) is 18.1 Å². The number of carbonyl (C=O) groups excluding carboxylic acids is 1. The molecule has 0 radical (unpaired) electrons. The molecule has 2 aliphatic carbocycles. The fourth-order valence-electron chi connectivity index (χ4n) is 6.47. The third kappa shape index (κ3) is 5.15. The van der Waals surface area contributed by atoms with E-state index in [1.165, 1.54) is 48.5 Å². The fourth-order valence-corrected chi connectivity index (χ4v) is 7.88. The molecule has 4 rings (SSSR count). The van der Waals surface area contributed by atoms with Crippen molar-refractivity contribution >= 4 is 15.9 Å². The Hall–Kier alpha value is -1.44. The van der Waals surface area contributed by atoms with Crippen LogP contribution in [0.4, 0.5) is 0 Å². The minimum atomic E-state index is -3.54. The van der Waals surface area contributed by atoms with Gasteiger partial charge in [-0.1, -0.05) is 13.8 Å². The largest absolute Gasteiger partial charge is 0.379 e. The molecule has 1 saturated heterocycles. The first-order chi connectivity index (χ1) is 14.8. The number of rotatable bonds is 6. The van der Waals surface area contributed by atoms with E-state index in [0.29, 0.717) is 43.8 Å². The summed E-state index contributed by atoms with van der Waals surface area (Å²) in [6.45, 7) is 7.00. The van der Waals surface area contributed by atoms with Gasteiger partial charge in [-0.05, 0) is 86.0 Å². The number of hydrogen-bond acceptors (Lipinski definition) is 4. The average Bonchev–Trinajstić information content (AvgIpc) is 2.73. The third-order valence-corrected chi connectivity index (χ3v) is 9.33. The summed E-state index contributed by atoms with van der Waals surface area (Å²) in [4.78, 5) is 12.9. The number of nitrogens with one attached hydrogen (secondary N) is 1. The number of fused-ring (bicyclic) bond motifs is 2. The second-order valence-electron chi connectivity index (χ2n) is 10.2. The molecule has 172 valence electrons. The predicted octanol–water partition coefficient (Wildman–Crippen LogP) is 3.68. The zero-order valence-corrected chi connectivity index (χ0v) is 19.6. The highest BCUT2D eigenvalue weighted by Crippen LogP contribution is 2.54. The lowest BCUT2D eigenvalue weighted by atomic mass is 9.56. The van der Waals surface area contributed by atoms with Gasteiger partial charge in [-0.3, -0.25) is 4.79 Å². The number of ether oxygens (including phenoxy) is 1. The summed E-state index contributed by atoms with van der Waals surface area (Å²) >= 11 is 0. The highest BCUT2D eigenvalue weighted by molar-refractivity contribution is 7.89. The van der Waals surface area contributed by atoms with Crippen molar-refractivity contribution in [3.8, 4) is 0 Å². The Morgan fingerprint density at radius 2 is 1.68 bits per heavy atom. The number of carbonyl (C=O) groups is 1. The molecule has 1 heterocycles. The van der Waals surface area contributed by atoms with Crippen molar-refractivity contribution in [1.29, 1.82) is 0 Å². The first kappa shape index (κ1) is 22.7. The number of hydrogen-bond donors (Lipinski definition) is 1. The molecule has 7 heteroatoms. The second-order valence-corrected chi connectivity index (χ2v) is 12.1. The minimum Gasteiger partial charge on any atom is -0.379 e. The molecule has 2 saturated carbocycles. The molecular formula is C24H36N2O4S. The summed E-state index contributed by atoms with van der Waals surface area (Å²) in [6, 6.07) is 6.30. The Morgan fingerprint density at radius 3 is 2.29 bits per heavy atom. The monoisotopic (exact) mass is 448 g/mol. The first-order valence-corrected chi connectivity index (χ1v) is 13.2. The number of benzene rings is 1. The Labute approximate surface area is 186 Å². The molecule has 2 unspecified atom stereocenters. The lowest BCUT2D eigenvalue weighted by molar-refractivity contribution is 0.0119. The average molecular weight is 449 g/mol. The van der Waals surface area contributed by atoms with E-state index in [2.05, 4.69) is 19.2 Å². The standard InChI is InChI=1S/C24H36N2O4S/c1-18-13-20-14-19(2)16-24(15-18,17-20)7-8-25-23(27)21-3-5-22(6-4-21)31(28,29)26-9-11-30-12-10-26/h3-6,18-20H,7-17H2,1-2H3,(H,25,27). The van der Waals surface area contributed by atoms with E-state index in [1.807, 2.05) is 0 Å². The van der Waals surface area contributed by atoms with E-state index in [0.717, 1.165) is 24.2 Å². The molecule has 6 nitrogen and oxygen atoms in total. The van der Waals surface area contributed by atoms with Gasteiger partial charge in [0.1, 0.15) is 0 Å². The summed E-state index contributed by atoms with van der Waals surface area (Å²) in [6.07, 6.45) is 7.62. The maximum atomic E-state index is 12.7. The van der Waals surface area contributed by atoms with Gasteiger partial charge in [-0.15, -0.1) is 0 Å². The van der Waals surface area contributed by atoms with Crippen LogP contribution in [0.15, 0.2) is 29.2 Å². The van der Waals surface area contributed by atoms with E-state index in [1.54, 1.807) is 12.1 Å². The van der Waals surface area contributed by atoms with Crippen LogP contribution in [0.5, 0.6) is 0 Å². The summed E-state index contributed by atoms with van der Waals surface area (Å²) in [5.74, 6) is 2.28. The van der Waals surface area contributed by atoms with Crippen LogP contribution in [-0.4, -0.2) is 51.5 Å². The van der Waals surface area contributed by atoms with Crippen molar-refractivity contribution < 1.29 is 17.9 Å². The van der Waals surface area contributed by atoms with Crippen molar-refractivity contribution in [1.82, 2.24) is 9.62 Å². The summed E-state index contributed by atoms with van der Waals surface area (Å²) in [5, 5.41) is 3.08. The molecule has 31 heavy (non-hydrogen) atoms. The third-order valence-electron chi connectivity index (χ3n) is 7.42. The van der Waals surface area contributed by atoms with Crippen LogP contribution >= 0.6 is 0 Å². The topological polar surface area (TPSA) is 75.7 Å². The molecule has 1 N–H and O–H groups in total. The minimum absolute atomic E-state index is 0.129. The van der Waals surface area contributed by atoms with Crippen LogP contribution in [0.2, 0.25) is 0 Å². The van der Waals surface area contributed by atoms with Crippen molar-refractivity contribution in [3.05, 3.63) is 29.8 Å². The number of amides is 1. The number of nitrogens with zero attached hydrogens (tertiary/aromatic N) is 1. The fraction of sp³-hybridized carbons (Fsp3) is 0.708. The molecule has 1 amide bonds. The molecule has 3 fully saturated rings. The Balaban J connectivity index is 1.34. The van der Waals surface area contributed by atoms with Crippen LogP contribution < -0.4 is 5.32 Å². The van der Waals surface area contributed by atoms with Gasteiger partial charge < -0.3 is 10.1 Å². The van der Waals surface area contributed by atoms with Gasteiger partial charge in [0, 0.05) is 25.2 Å². The van der Waals surface area contributed by atoms with E-state index >= 15 is 0 Å². The van der Waals surface area contributed by atoms with Gasteiger partial charge in [0.25, 0.3) is 5.91 Å². The van der Waals surface area contributed by atoms with Crippen LogP contribution in [0.25, 0.3) is 0 Å². The molecule has 1 aliphatic heterocycles. The van der Waals surface area contributed by atoms with E-state index in [-0.39, 0.29) is 10.8 Å². The Morgan fingerprint density at radius 1 is 1.06 bits per heavy atom. The van der Waals surface area contributed by atoms with Gasteiger partial charge in [0.15, 0.2) is 0 Å². The molecule has 1 aromatic carbocycles. The maximum Gasteiger partial charge on any atom is 0.251 e. The summed E-state index contributed by atoms with van der Waals surface area (Å²) < 4.78 is 32.2. The normalized spacial score (nSPS) is 31.9. The van der Waals surface area contributed by atoms with E-state index in [4.69, 9.17) is 4.74 Å². The van der Waals surface area contributed by atoms with E-state index < -0.39 is 10.0 Å². The molecule has 3 aliphatic rings. The molecule has 2 atom stereocenters. The second kappa shape index (κ2) is 9.20. The SMILES string of the molecule is CC1CC2CC(C)CC(CCNC(=O)c3ccc(S(=O)(=O)N4CCOCC4)cc3)(C1)C2. The number of sulfonamides is 1. The maximum absolute atomic E-state index is 12.7.